The fraction of sp³-hybridized carbons (Fsp3) is 0.412. The standard InChI is InChI=1S/C17H22N4S.HI/c1-3-13-10-19-16(22-13)11-20-17(18-2)21-15-9-14(15)12-7-5-4-6-8-12;/h4-8,10,14-15H,3,9,11H2,1-2H3,(H2,18,20,21);1H. The Balaban J connectivity index is 0.00000192. The maximum atomic E-state index is 4.42. The van der Waals surface area contributed by atoms with Gasteiger partial charge in [-0.25, -0.2) is 4.98 Å². The van der Waals surface area contributed by atoms with Crippen LogP contribution in [0.3, 0.4) is 0 Å². The van der Waals surface area contributed by atoms with Crippen LogP contribution in [0.5, 0.6) is 0 Å². The number of hydrogen-bond acceptors (Lipinski definition) is 3. The van der Waals surface area contributed by atoms with Crippen molar-refractivity contribution in [1.82, 2.24) is 15.6 Å². The molecule has 1 saturated carbocycles. The minimum absolute atomic E-state index is 0. The molecule has 0 amide bonds. The van der Waals surface area contributed by atoms with Gasteiger partial charge in [0.1, 0.15) is 5.01 Å². The van der Waals surface area contributed by atoms with E-state index >= 15 is 0 Å². The Morgan fingerprint density at radius 1 is 1.35 bits per heavy atom. The molecule has 2 unspecified atom stereocenters. The van der Waals surface area contributed by atoms with Crippen molar-refractivity contribution in [2.45, 2.75) is 38.3 Å². The SMILES string of the molecule is CCc1cnc(CNC(=NC)NC2CC2c2ccccc2)s1.I. The summed E-state index contributed by atoms with van der Waals surface area (Å²) in [5, 5.41) is 7.96. The molecule has 23 heavy (non-hydrogen) atoms. The molecule has 0 spiro atoms. The number of rotatable bonds is 5. The molecule has 4 nitrogen and oxygen atoms in total. The average molecular weight is 442 g/mol. The average Bonchev–Trinajstić information content (AvgIpc) is 3.18. The number of aliphatic imine (C=N–C) groups is 1. The maximum Gasteiger partial charge on any atom is 0.191 e. The van der Waals surface area contributed by atoms with Crippen LogP contribution in [0.4, 0.5) is 0 Å². The number of nitrogens with one attached hydrogen (secondary N) is 2. The smallest absolute Gasteiger partial charge is 0.191 e. The van der Waals surface area contributed by atoms with Gasteiger partial charge in [0.05, 0.1) is 6.54 Å². The van der Waals surface area contributed by atoms with E-state index < -0.39 is 0 Å². The molecular weight excluding hydrogens is 419 g/mol. The summed E-state index contributed by atoms with van der Waals surface area (Å²) in [6, 6.07) is 11.1. The van der Waals surface area contributed by atoms with Crippen LogP contribution in [-0.2, 0) is 13.0 Å². The Labute approximate surface area is 158 Å². The molecule has 1 aliphatic rings. The third kappa shape index (κ3) is 4.91. The second kappa shape index (κ2) is 8.63. The third-order valence-electron chi connectivity index (χ3n) is 3.92. The molecule has 1 heterocycles. The summed E-state index contributed by atoms with van der Waals surface area (Å²) in [7, 11) is 1.81. The van der Waals surface area contributed by atoms with E-state index in [1.165, 1.54) is 16.9 Å². The summed E-state index contributed by atoms with van der Waals surface area (Å²) in [6.45, 7) is 2.88. The number of benzene rings is 1. The number of guanidine groups is 1. The first-order valence-corrected chi connectivity index (χ1v) is 8.57. The predicted octanol–water partition coefficient (Wildman–Crippen LogP) is 3.54. The first-order chi connectivity index (χ1) is 10.8. The molecule has 1 aromatic heterocycles. The molecule has 3 rings (SSSR count). The lowest BCUT2D eigenvalue weighted by Gasteiger charge is -2.10. The number of thiazole rings is 1. The molecule has 2 N–H and O–H groups in total. The zero-order chi connectivity index (χ0) is 15.4. The third-order valence-corrected chi connectivity index (χ3v) is 5.06. The van der Waals surface area contributed by atoms with E-state index in [2.05, 4.69) is 57.9 Å². The summed E-state index contributed by atoms with van der Waals surface area (Å²) >= 11 is 1.76. The lowest BCUT2D eigenvalue weighted by molar-refractivity contribution is 0.787. The lowest BCUT2D eigenvalue weighted by atomic mass is 10.1. The second-order valence-electron chi connectivity index (χ2n) is 5.50. The minimum Gasteiger partial charge on any atom is -0.353 e. The van der Waals surface area contributed by atoms with Crippen molar-refractivity contribution in [3.63, 3.8) is 0 Å². The molecule has 0 saturated heterocycles. The normalized spacial score (nSPS) is 19.8. The highest BCUT2D eigenvalue weighted by molar-refractivity contribution is 14.0. The van der Waals surface area contributed by atoms with E-state index in [1.54, 1.807) is 11.3 Å². The Morgan fingerprint density at radius 2 is 2.13 bits per heavy atom. The lowest BCUT2D eigenvalue weighted by Crippen LogP contribution is -2.38. The van der Waals surface area contributed by atoms with Gasteiger partial charge < -0.3 is 10.6 Å². The van der Waals surface area contributed by atoms with Crippen molar-refractivity contribution in [2.75, 3.05) is 7.05 Å². The van der Waals surface area contributed by atoms with Gasteiger partial charge in [-0.2, -0.15) is 0 Å². The zero-order valence-corrected chi connectivity index (χ0v) is 16.6. The van der Waals surface area contributed by atoms with E-state index in [1.807, 2.05) is 13.2 Å². The summed E-state index contributed by atoms with van der Waals surface area (Å²) < 4.78 is 0. The van der Waals surface area contributed by atoms with E-state index in [-0.39, 0.29) is 24.0 Å². The zero-order valence-electron chi connectivity index (χ0n) is 13.5. The number of nitrogens with zero attached hydrogens (tertiary/aromatic N) is 2. The number of aromatic nitrogens is 1. The number of hydrogen-bond donors (Lipinski definition) is 2. The van der Waals surface area contributed by atoms with Crippen molar-refractivity contribution in [2.24, 2.45) is 4.99 Å². The van der Waals surface area contributed by atoms with Crippen LogP contribution in [0, 0.1) is 0 Å². The Hall–Kier alpha value is -1.15. The van der Waals surface area contributed by atoms with Crippen molar-refractivity contribution >= 4 is 41.3 Å². The van der Waals surface area contributed by atoms with Crippen LogP contribution in [0.25, 0.3) is 0 Å². The predicted molar refractivity (Wildman–Crippen MR) is 108 cm³/mol. The van der Waals surface area contributed by atoms with Crippen LogP contribution in [-0.4, -0.2) is 24.0 Å². The fourth-order valence-electron chi connectivity index (χ4n) is 2.55. The number of aryl methyl sites for hydroxylation is 1. The van der Waals surface area contributed by atoms with Gasteiger partial charge in [0.2, 0.25) is 0 Å². The molecule has 0 radical (unpaired) electrons. The second-order valence-corrected chi connectivity index (χ2v) is 6.70. The summed E-state index contributed by atoms with van der Waals surface area (Å²) in [5.41, 5.74) is 1.41. The highest BCUT2D eigenvalue weighted by Gasteiger charge is 2.38. The van der Waals surface area contributed by atoms with Gasteiger partial charge in [0, 0.05) is 30.1 Å². The molecular formula is C17H23IN4S. The van der Waals surface area contributed by atoms with Gasteiger partial charge >= 0.3 is 0 Å². The van der Waals surface area contributed by atoms with Crippen LogP contribution >= 0.6 is 35.3 Å². The molecule has 2 atom stereocenters. The Morgan fingerprint density at radius 3 is 2.78 bits per heavy atom. The molecule has 1 aliphatic carbocycles. The fourth-order valence-corrected chi connectivity index (χ4v) is 3.35. The molecule has 2 aromatic rings. The van der Waals surface area contributed by atoms with Gasteiger partial charge in [0.25, 0.3) is 0 Å². The molecule has 1 aromatic carbocycles. The molecule has 6 heteroatoms. The maximum absolute atomic E-state index is 4.42. The van der Waals surface area contributed by atoms with Gasteiger partial charge in [-0.1, -0.05) is 37.3 Å². The Bertz CT molecular complexity index is 641. The van der Waals surface area contributed by atoms with Crippen molar-refractivity contribution < 1.29 is 0 Å². The van der Waals surface area contributed by atoms with Gasteiger partial charge in [-0.05, 0) is 18.4 Å². The largest absolute Gasteiger partial charge is 0.353 e. The van der Waals surface area contributed by atoms with Crippen molar-refractivity contribution in [1.29, 1.82) is 0 Å². The molecule has 1 fully saturated rings. The van der Waals surface area contributed by atoms with Crippen molar-refractivity contribution in [3.8, 4) is 0 Å². The Kier molecular flexibility index (Phi) is 6.83. The highest BCUT2D eigenvalue weighted by atomic mass is 127. The van der Waals surface area contributed by atoms with Crippen LogP contribution < -0.4 is 10.6 Å². The highest BCUT2D eigenvalue weighted by Crippen LogP contribution is 2.40. The van der Waals surface area contributed by atoms with E-state index in [0.717, 1.165) is 23.9 Å². The minimum atomic E-state index is 0. The number of halogens is 1. The van der Waals surface area contributed by atoms with Gasteiger partial charge in [-0.3, -0.25) is 4.99 Å². The van der Waals surface area contributed by atoms with E-state index in [9.17, 15) is 0 Å². The van der Waals surface area contributed by atoms with Crippen LogP contribution in [0.15, 0.2) is 41.5 Å². The summed E-state index contributed by atoms with van der Waals surface area (Å²) in [4.78, 5) is 10.1. The van der Waals surface area contributed by atoms with Crippen LogP contribution in [0.1, 0.15) is 34.7 Å². The van der Waals surface area contributed by atoms with Crippen LogP contribution in [0.2, 0.25) is 0 Å². The first kappa shape index (κ1) is 18.2. The molecule has 0 bridgehead atoms. The first-order valence-electron chi connectivity index (χ1n) is 7.76. The van der Waals surface area contributed by atoms with Crippen molar-refractivity contribution in [3.05, 3.63) is 52.0 Å². The van der Waals surface area contributed by atoms with E-state index in [0.29, 0.717) is 12.0 Å². The topological polar surface area (TPSA) is 49.3 Å². The van der Waals surface area contributed by atoms with Gasteiger partial charge in [-0.15, -0.1) is 35.3 Å². The summed E-state index contributed by atoms with van der Waals surface area (Å²) in [6.07, 6.45) is 4.18. The monoisotopic (exact) mass is 442 g/mol. The quantitative estimate of drug-likeness (QED) is 0.423. The molecule has 0 aliphatic heterocycles. The molecule has 124 valence electrons. The van der Waals surface area contributed by atoms with Gasteiger partial charge in [0.15, 0.2) is 5.96 Å². The van der Waals surface area contributed by atoms with E-state index in [4.69, 9.17) is 0 Å². The summed E-state index contributed by atoms with van der Waals surface area (Å²) in [5.74, 6) is 1.46.